The van der Waals surface area contributed by atoms with Gasteiger partial charge in [-0.2, -0.15) is 5.26 Å². The van der Waals surface area contributed by atoms with Crippen molar-refractivity contribution in [2.24, 2.45) is 5.41 Å². The van der Waals surface area contributed by atoms with Gasteiger partial charge in [0.25, 0.3) is 0 Å². The normalized spacial score (nSPS) is 10.8. The number of nitrogens with zero attached hydrogens (tertiary/aromatic N) is 1. The Balaban J connectivity index is 2.62. The quantitative estimate of drug-likeness (QED) is 0.775. The Morgan fingerprint density at radius 1 is 1.43 bits per heavy atom. The third-order valence-corrected chi connectivity index (χ3v) is 2.65. The fourth-order valence-corrected chi connectivity index (χ4v) is 1.61. The summed E-state index contributed by atoms with van der Waals surface area (Å²) >= 11 is 0. The molecule has 1 aromatic rings. The maximum atomic E-state index is 10.3. The van der Waals surface area contributed by atoms with E-state index in [2.05, 4.69) is 32.2 Å². The zero-order valence-electron chi connectivity index (χ0n) is 12.7. The summed E-state index contributed by atoms with van der Waals surface area (Å²) < 4.78 is 5.67. The first-order chi connectivity index (χ1) is 9.81. The largest absolute Gasteiger partial charge is 0.550 e. The van der Waals surface area contributed by atoms with Gasteiger partial charge in [-0.05, 0) is 36.5 Å². The molecule has 1 N–H and O–H groups in total. The van der Waals surface area contributed by atoms with Crippen LogP contribution in [0.2, 0.25) is 0 Å². The van der Waals surface area contributed by atoms with E-state index >= 15 is 0 Å². The lowest BCUT2D eigenvalue weighted by Gasteiger charge is -2.19. The highest BCUT2D eigenvalue weighted by Gasteiger charge is 2.13. The van der Waals surface area contributed by atoms with E-state index in [1.54, 1.807) is 12.1 Å². The summed E-state index contributed by atoms with van der Waals surface area (Å²) in [5, 5.41) is 22.6. The number of aliphatic carboxylic acids is 1. The van der Waals surface area contributed by atoms with Crippen molar-refractivity contribution in [2.45, 2.75) is 33.6 Å². The number of carbonyl (C=O) groups is 1. The molecule has 0 saturated heterocycles. The molecule has 0 aliphatic heterocycles. The van der Waals surface area contributed by atoms with Gasteiger partial charge in [-0.3, -0.25) is 0 Å². The Morgan fingerprint density at radius 3 is 2.71 bits per heavy atom. The molecule has 0 aliphatic rings. The van der Waals surface area contributed by atoms with E-state index in [9.17, 15) is 15.2 Å². The van der Waals surface area contributed by atoms with E-state index in [0.29, 0.717) is 30.9 Å². The van der Waals surface area contributed by atoms with Gasteiger partial charge >= 0.3 is 0 Å². The Kier molecular flexibility index (Phi) is 6.04. The molecule has 114 valence electrons. The van der Waals surface area contributed by atoms with Crippen molar-refractivity contribution in [3.8, 4) is 11.8 Å². The van der Waals surface area contributed by atoms with Crippen LogP contribution in [0.25, 0.3) is 0 Å². The molecule has 0 bridgehead atoms. The molecule has 21 heavy (non-hydrogen) atoms. The highest BCUT2D eigenvalue weighted by Crippen LogP contribution is 2.24. The topological polar surface area (TPSA) is 85.2 Å². The molecular weight excluding hydrogens is 268 g/mol. The average molecular weight is 289 g/mol. The lowest BCUT2D eigenvalue weighted by Crippen LogP contribution is -2.22. The molecule has 0 heterocycles. The minimum absolute atomic E-state index is 0.0187. The number of anilines is 1. The first-order valence-electron chi connectivity index (χ1n) is 6.92. The number of nitriles is 1. The maximum absolute atomic E-state index is 10.3. The van der Waals surface area contributed by atoms with Crippen LogP contribution >= 0.6 is 0 Å². The van der Waals surface area contributed by atoms with Crippen molar-refractivity contribution >= 4 is 11.7 Å². The second-order valence-electron chi connectivity index (χ2n) is 6.07. The van der Waals surface area contributed by atoms with Crippen LogP contribution < -0.4 is 15.2 Å². The molecule has 0 amide bonds. The van der Waals surface area contributed by atoms with Gasteiger partial charge in [0, 0.05) is 18.2 Å². The summed E-state index contributed by atoms with van der Waals surface area (Å²) in [5.74, 6) is -0.492. The zero-order valence-corrected chi connectivity index (χ0v) is 12.7. The monoisotopic (exact) mass is 289 g/mol. The molecule has 0 fully saturated rings. The predicted molar refractivity (Wildman–Crippen MR) is 78.8 cm³/mol. The Morgan fingerprint density at radius 2 is 2.14 bits per heavy atom. The Bertz CT molecular complexity index is 527. The van der Waals surface area contributed by atoms with Crippen LogP contribution in [0.5, 0.6) is 5.75 Å². The highest BCUT2D eigenvalue weighted by atomic mass is 16.5. The van der Waals surface area contributed by atoms with Gasteiger partial charge in [0.2, 0.25) is 0 Å². The summed E-state index contributed by atoms with van der Waals surface area (Å²) in [6, 6.07) is 7.39. The molecule has 0 aromatic heterocycles. The number of hydrogen-bond donors (Lipinski definition) is 1. The minimum atomic E-state index is -1.06. The maximum Gasteiger partial charge on any atom is 0.137 e. The molecule has 0 atom stereocenters. The zero-order chi connectivity index (χ0) is 15.9. The van der Waals surface area contributed by atoms with E-state index in [4.69, 9.17) is 4.74 Å². The molecule has 5 nitrogen and oxygen atoms in total. The fraction of sp³-hybridized carbons (Fsp3) is 0.500. The first-order valence-corrected chi connectivity index (χ1v) is 6.92. The number of carboxylic acids is 1. The lowest BCUT2D eigenvalue weighted by molar-refractivity contribution is -0.305. The van der Waals surface area contributed by atoms with Gasteiger partial charge in [0.05, 0.1) is 12.2 Å². The number of nitrogens with one attached hydrogen (secondary N) is 1. The van der Waals surface area contributed by atoms with Gasteiger partial charge in [0.1, 0.15) is 11.8 Å². The second-order valence-corrected chi connectivity index (χ2v) is 6.07. The van der Waals surface area contributed by atoms with Crippen LogP contribution in [0, 0.1) is 16.7 Å². The first kappa shape index (κ1) is 16.8. The van der Waals surface area contributed by atoms with Crippen molar-refractivity contribution in [2.75, 3.05) is 18.5 Å². The van der Waals surface area contributed by atoms with Gasteiger partial charge in [-0.1, -0.05) is 20.8 Å². The third kappa shape index (κ3) is 6.66. The van der Waals surface area contributed by atoms with E-state index in [1.165, 1.54) is 0 Å². The van der Waals surface area contributed by atoms with Crippen LogP contribution in [-0.2, 0) is 4.79 Å². The molecule has 0 saturated carbocycles. The molecule has 0 aliphatic carbocycles. The standard InChI is InChI=1S/C16H22N2O3/c1-16(2,3)11-21-14-7-6-13(9-12(14)10-17)18-8-4-5-15(19)20/h6-7,9,18H,4-5,8,11H2,1-3H3,(H,19,20)/p-1. The van der Waals surface area contributed by atoms with Crippen LogP contribution in [0.1, 0.15) is 39.2 Å². The lowest BCUT2D eigenvalue weighted by atomic mass is 9.98. The summed E-state index contributed by atoms with van der Waals surface area (Å²) in [5.41, 5.74) is 1.26. The number of rotatable bonds is 7. The smallest absolute Gasteiger partial charge is 0.137 e. The van der Waals surface area contributed by atoms with E-state index in [-0.39, 0.29) is 11.8 Å². The molecular formula is C16H21N2O3-. The summed E-state index contributed by atoms with van der Waals surface area (Å²) in [4.78, 5) is 10.3. The number of carboxylic acid groups (broad SMARTS) is 1. The highest BCUT2D eigenvalue weighted by molar-refractivity contribution is 5.64. The van der Waals surface area contributed by atoms with Gasteiger partial charge in [0.15, 0.2) is 0 Å². The molecule has 1 rings (SSSR count). The minimum Gasteiger partial charge on any atom is -0.550 e. The number of hydrogen-bond acceptors (Lipinski definition) is 5. The van der Waals surface area contributed by atoms with Crippen molar-refractivity contribution in [3.05, 3.63) is 23.8 Å². The van der Waals surface area contributed by atoms with E-state index < -0.39 is 5.97 Å². The molecule has 0 spiro atoms. The fourth-order valence-electron chi connectivity index (χ4n) is 1.61. The summed E-state index contributed by atoms with van der Waals surface area (Å²) in [6.45, 7) is 7.23. The van der Waals surface area contributed by atoms with Crippen LogP contribution in [0.15, 0.2) is 18.2 Å². The van der Waals surface area contributed by atoms with Gasteiger partial charge in [-0.25, -0.2) is 0 Å². The van der Waals surface area contributed by atoms with Gasteiger partial charge < -0.3 is 20.0 Å². The summed E-state index contributed by atoms with van der Waals surface area (Å²) in [6.07, 6.45) is 0.497. The number of ether oxygens (including phenoxy) is 1. The van der Waals surface area contributed by atoms with Crippen LogP contribution in [0.4, 0.5) is 5.69 Å². The average Bonchev–Trinajstić information content (AvgIpc) is 2.40. The van der Waals surface area contributed by atoms with E-state index in [1.807, 2.05) is 6.07 Å². The van der Waals surface area contributed by atoms with Crippen molar-refractivity contribution in [3.63, 3.8) is 0 Å². The number of benzene rings is 1. The molecule has 1 aromatic carbocycles. The molecule has 5 heteroatoms. The predicted octanol–water partition coefficient (Wildman–Crippen LogP) is 1.93. The molecule has 0 unspecified atom stereocenters. The van der Waals surface area contributed by atoms with E-state index in [0.717, 1.165) is 5.69 Å². The van der Waals surface area contributed by atoms with Gasteiger partial charge in [-0.15, -0.1) is 0 Å². The third-order valence-electron chi connectivity index (χ3n) is 2.65. The van der Waals surface area contributed by atoms with Crippen LogP contribution in [-0.4, -0.2) is 19.1 Å². The SMILES string of the molecule is CC(C)(C)COc1ccc(NCCCC(=O)[O-])cc1C#N. The Hall–Kier alpha value is -2.22. The van der Waals surface area contributed by atoms with Crippen molar-refractivity contribution in [1.29, 1.82) is 5.26 Å². The summed E-state index contributed by atoms with van der Waals surface area (Å²) in [7, 11) is 0. The van der Waals surface area contributed by atoms with Crippen LogP contribution in [0.3, 0.4) is 0 Å². The second kappa shape index (κ2) is 7.53. The Labute approximate surface area is 125 Å². The molecule has 0 radical (unpaired) electrons. The number of carbonyl (C=O) groups excluding carboxylic acids is 1. The van der Waals surface area contributed by atoms with Crippen molar-refractivity contribution < 1.29 is 14.6 Å². The van der Waals surface area contributed by atoms with Crippen molar-refractivity contribution in [1.82, 2.24) is 0 Å².